The number of ether oxygens (including phenoxy) is 1. The van der Waals surface area contributed by atoms with Gasteiger partial charge < -0.3 is 25.2 Å². The number of hydrogen-bond acceptors (Lipinski definition) is 4. The van der Waals surface area contributed by atoms with Crippen LogP contribution in [0.4, 0.5) is 0 Å². The lowest BCUT2D eigenvalue weighted by atomic mass is 9.92. The van der Waals surface area contributed by atoms with E-state index in [9.17, 15) is 4.79 Å². The second kappa shape index (κ2) is 12.7. The van der Waals surface area contributed by atoms with Crippen molar-refractivity contribution in [3.05, 3.63) is 29.8 Å². The van der Waals surface area contributed by atoms with Crippen LogP contribution < -0.4 is 15.4 Å². The number of likely N-dealkylation sites (tertiary alicyclic amines) is 1. The Morgan fingerprint density at radius 1 is 1.09 bits per heavy atom. The lowest BCUT2D eigenvalue weighted by Gasteiger charge is -2.39. The van der Waals surface area contributed by atoms with E-state index in [4.69, 9.17) is 4.74 Å². The molecule has 1 aliphatic carbocycles. The maximum atomic E-state index is 12.1. The molecule has 1 amide bonds. The normalized spacial score (nSPS) is 18.9. The van der Waals surface area contributed by atoms with Crippen LogP contribution in [0.1, 0.15) is 50.5 Å². The number of hydrogen-bond donors (Lipinski definition) is 2. The van der Waals surface area contributed by atoms with Gasteiger partial charge in [-0.2, -0.15) is 0 Å². The van der Waals surface area contributed by atoms with E-state index in [1.165, 1.54) is 37.7 Å². The number of amides is 1. The minimum Gasteiger partial charge on any atom is -0.497 e. The average molecular weight is 444 g/mol. The summed E-state index contributed by atoms with van der Waals surface area (Å²) in [5, 5.41) is 7.04. The summed E-state index contributed by atoms with van der Waals surface area (Å²) in [5.74, 6) is 1.62. The summed E-state index contributed by atoms with van der Waals surface area (Å²) in [6, 6.07) is 9.33. The van der Waals surface area contributed by atoms with Gasteiger partial charge in [-0.1, -0.05) is 31.4 Å². The van der Waals surface area contributed by atoms with E-state index in [1.54, 1.807) is 26.1 Å². The summed E-state index contributed by atoms with van der Waals surface area (Å²) >= 11 is 0. The topological polar surface area (TPSA) is 69.2 Å². The molecule has 7 nitrogen and oxygen atoms in total. The maximum Gasteiger partial charge on any atom is 0.243 e. The van der Waals surface area contributed by atoms with Gasteiger partial charge in [-0.3, -0.25) is 4.79 Å². The van der Waals surface area contributed by atoms with Crippen LogP contribution in [-0.4, -0.2) is 81.1 Å². The molecular weight excluding hydrogens is 402 g/mol. The molecule has 2 N–H and O–H groups in total. The van der Waals surface area contributed by atoms with Crippen LogP contribution in [0.25, 0.3) is 0 Å². The number of methoxy groups -OCH3 is 1. The molecule has 1 aliphatic heterocycles. The van der Waals surface area contributed by atoms with Gasteiger partial charge in [0.15, 0.2) is 5.96 Å². The molecule has 0 aromatic heterocycles. The summed E-state index contributed by atoms with van der Waals surface area (Å²) < 4.78 is 5.23. The van der Waals surface area contributed by atoms with Crippen molar-refractivity contribution >= 4 is 11.9 Å². The highest BCUT2D eigenvalue weighted by Crippen LogP contribution is 2.25. The minimum absolute atomic E-state index is 0.00775. The Kier molecular flexibility index (Phi) is 9.65. The number of carbonyl (C=O) groups is 1. The Labute approximate surface area is 193 Å². The largest absolute Gasteiger partial charge is 0.497 e. The van der Waals surface area contributed by atoms with Gasteiger partial charge in [0.05, 0.1) is 7.11 Å². The Balaban J connectivity index is 1.50. The van der Waals surface area contributed by atoms with Crippen LogP contribution in [0, 0.1) is 0 Å². The van der Waals surface area contributed by atoms with Crippen molar-refractivity contribution in [1.29, 1.82) is 0 Å². The predicted octanol–water partition coefficient (Wildman–Crippen LogP) is 2.66. The molecule has 1 aromatic carbocycles. The molecule has 0 unspecified atom stereocenters. The quantitative estimate of drug-likeness (QED) is 0.478. The summed E-state index contributed by atoms with van der Waals surface area (Å²) in [6.07, 6.45) is 10.0. The number of aliphatic imine (C=N–C) groups is 1. The number of likely N-dealkylation sites (N-methyl/N-ethyl adjacent to an activating group) is 1. The molecule has 1 heterocycles. The zero-order valence-corrected chi connectivity index (χ0v) is 20.1. The van der Waals surface area contributed by atoms with E-state index < -0.39 is 0 Å². The summed E-state index contributed by atoms with van der Waals surface area (Å²) in [6.45, 7) is 3.22. The Bertz CT molecular complexity index is 720. The van der Waals surface area contributed by atoms with Gasteiger partial charge >= 0.3 is 0 Å². The minimum atomic E-state index is 0.00775. The molecule has 1 saturated carbocycles. The van der Waals surface area contributed by atoms with E-state index in [-0.39, 0.29) is 12.5 Å². The second-order valence-electron chi connectivity index (χ2n) is 9.22. The fourth-order valence-corrected chi connectivity index (χ4v) is 4.61. The maximum absolute atomic E-state index is 12.1. The van der Waals surface area contributed by atoms with Crippen molar-refractivity contribution in [2.75, 3.05) is 47.4 Å². The van der Waals surface area contributed by atoms with Crippen molar-refractivity contribution in [3.63, 3.8) is 0 Å². The summed E-state index contributed by atoms with van der Waals surface area (Å²) in [7, 11) is 5.21. The van der Waals surface area contributed by atoms with Crippen molar-refractivity contribution in [2.45, 2.75) is 63.5 Å². The highest BCUT2D eigenvalue weighted by Gasteiger charge is 2.26. The number of nitrogens with zero attached hydrogens (tertiary/aromatic N) is 3. The summed E-state index contributed by atoms with van der Waals surface area (Å²) in [5.41, 5.74) is 1.24. The lowest BCUT2D eigenvalue weighted by Crippen LogP contribution is -2.51. The number of piperidine rings is 1. The Morgan fingerprint density at radius 2 is 1.78 bits per heavy atom. The molecule has 1 saturated heterocycles. The predicted molar refractivity (Wildman–Crippen MR) is 130 cm³/mol. The highest BCUT2D eigenvalue weighted by molar-refractivity contribution is 5.84. The standard InChI is InChI=1S/C25H41N5O2/c1-29(2)24(31)19-27-25(26-16-13-20-9-11-23(32-3)12-10-20)28-21-14-17-30(18-15-21)22-7-5-4-6-8-22/h9-12,21-22H,4-8,13-19H2,1-3H3,(H2,26,27,28). The van der Waals surface area contributed by atoms with E-state index >= 15 is 0 Å². The molecule has 3 rings (SSSR count). The van der Waals surface area contributed by atoms with Crippen LogP contribution in [0.3, 0.4) is 0 Å². The van der Waals surface area contributed by atoms with E-state index in [2.05, 4.69) is 32.7 Å². The molecule has 178 valence electrons. The van der Waals surface area contributed by atoms with E-state index in [1.807, 2.05) is 12.1 Å². The lowest BCUT2D eigenvalue weighted by molar-refractivity contribution is -0.127. The smallest absolute Gasteiger partial charge is 0.243 e. The van der Waals surface area contributed by atoms with Crippen LogP contribution in [0.2, 0.25) is 0 Å². The first-order valence-electron chi connectivity index (χ1n) is 12.2. The first-order chi connectivity index (χ1) is 15.5. The number of benzene rings is 1. The van der Waals surface area contributed by atoms with Crippen LogP contribution >= 0.6 is 0 Å². The van der Waals surface area contributed by atoms with E-state index in [0.29, 0.717) is 6.04 Å². The third-order valence-corrected chi connectivity index (χ3v) is 6.70. The van der Waals surface area contributed by atoms with Gasteiger partial charge in [-0.05, 0) is 49.8 Å². The zero-order chi connectivity index (χ0) is 22.8. The van der Waals surface area contributed by atoms with Gasteiger partial charge in [-0.25, -0.2) is 4.99 Å². The molecule has 0 radical (unpaired) electrons. The van der Waals surface area contributed by atoms with Gasteiger partial charge in [0, 0.05) is 45.8 Å². The van der Waals surface area contributed by atoms with Crippen molar-refractivity contribution in [1.82, 2.24) is 20.4 Å². The fourth-order valence-electron chi connectivity index (χ4n) is 4.61. The van der Waals surface area contributed by atoms with Crippen molar-refractivity contribution in [2.24, 2.45) is 4.99 Å². The number of rotatable bonds is 8. The zero-order valence-electron chi connectivity index (χ0n) is 20.1. The van der Waals surface area contributed by atoms with Crippen LogP contribution in [-0.2, 0) is 11.2 Å². The SMILES string of the molecule is COc1ccc(CCNC(=NCC(=O)N(C)C)NC2CCN(C3CCCCC3)CC2)cc1. The number of carbonyl (C=O) groups excluding carboxylic acids is 1. The van der Waals surface area contributed by atoms with Crippen molar-refractivity contribution < 1.29 is 9.53 Å². The molecule has 0 atom stereocenters. The summed E-state index contributed by atoms with van der Waals surface area (Å²) in [4.78, 5) is 20.9. The molecule has 0 bridgehead atoms. The van der Waals surface area contributed by atoms with Gasteiger partial charge in [0.25, 0.3) is 0 Å². The van der Waals surface area contributed by atoms with Crippen LogP contribution in [0.15, 0.2) is 29.3 Å². The molecule has 0 spiro atoms. The Hall–Kier alpha value is -2.28. The first kappa shape index (κ1) is 24.4. The van der Waals surface area contributed by atoms with Crippen molar-refractivity contribution in [3.8, 4) is 5.75 Å². The molecule has 2 fully saturated rings. The average Bonchev–Trinajstić information content (AvgIpc) is 2.83. The van der Waals surface area contributed by atoms with Gasteiger partial charge in [0.1, 0.15) is 12.3 Å². The molecule has 7 heteroatoms. The first-order valence-corrected chi connectivity index (χ1v) is 12.2. The molecule has 1 aromatic rings. The molecular formula is C25H41N5O2. The number of nitrogens with one attached hydrogen (secondary N) is 2. The monoisotopic (exact) mass is 443 g/mol. The number of guanidine groups is 1. The van der Waals surface area contributed by atoms with E-state index in [0.717, 1.165) is 56.6 Å². The second-order valence-corrected chi connectivity index (χ2v) is 9.22. The van der Waals surface area contributed by atoms with Crippen LogP contribution in [0.5, 0.6) is 5.75 Å². The molecule has 32 heavy (non-hydrogen) atoms. The Morgan fingerprint density at radius 3 is 2.41 bits per heavy atom. The fraction of sp³-hybridized carbons (Fsp3) is 0.680. The third kappa shape index (κ3) is 7.69. The third-order valence-electron chi connectivity index (χ3n) is 6.70. The highest BCUT2D eigenvalue weighted by atomic mass is 16.5. The van der Waals surface area contributed by atoms with Gasteiger partial charge in [-0.15, -0.1) is 0 Å². The van der Waals surface area contributed by atoms with Gasteiger partial charge in [0.2, 0.25) is 5.91 Å². The molecule has 2 aliphatic rings.